The first kappa shape index (κ1) is 21.2. The molecule has 29 heavy (non-hydrogen) atoms. The average Bonchev–Trinajstić information content (AvgIpc) is 2.70. The van der Waals surface area contributed by atoms with Gasteiger partial charge in [0.25, 0.3) is 5.91 Å². The van der Waals surface area contributed by atoms with Crippen LogP contribution in [-0.4, -0.2) is 29.7 Å². The van der Waals surface area contributed by atoms with Gasteiger partial charge in [-0.15, -0.1) is 0 Å². The fraction of sp³-hybridized carbons (Fsp3) is 0.143. The Bertz CT molecular complexity index is 1030. The van der Waals surface area contributed by atoms with Gasteiger partial charge < -0.3 is 15.2 Å². The summed E-state index contributed by atoms with van der Waals surface area (Å²) in [5.74, 6) is 0.283. The lowest BCUT2D eigenvalue weighted by Gasteiger charge is -2.13. The molecule has 150 valence electrons. The van der Waals surface area contributed by atoms with Crippen molar-refractivity contribution in [2.24, 2.45) is 0 Å². The van der Waals surface area contributed by atoms with E-state index in [-0.39, 0.29) is 18.3 Å². The highest BCUT2D eigenvalue weighted by Crippen LogP contribution is 2.35. The summed E-state index contributed by atoms with van der Waals surface area (Å²) in [6, 6.07) is 11.9. The van der Waals surface area contributed by atoms with E-state index in [2.05, 4.69) is 10.3 Å². The van der Waals surface area contributed by atoms with Crippen molar-refractivity contribution in [3.05, 3.63) is 75.0 Å². The van der Waals surface area contributed by atoms with E-state index in [1.54, 1.807) is 42.6 Å². The van der Waals surface area contributed by atoms with Crippen LogP contribution in [0.25, 0.3) is 11.1 Å². The second-order valence-electron chi connectivity index (χ2n) is 6.22. The number of phenols is 1. The van der Waals surface area contributed by atoms with Crippen molar-refractivity contribution < 1.29 is 14.6 Å². The number of phenolic OH excluding ortho intramolecular Hbond substituents is 1. The second-order valence-corrected chi connectivity index (χ2v) is 7.42. The number of nitrogens with one attached hydrogen (secondary N) is 1. The van der Waals surface area contributed by atoms with Crippen LogP contribution in [0, 0.1) is 0 Å². The fourth-order valence-electron chi connectivity index (χ4n) is 2.75. The van der Waals surface area contributed by atoms with E-state index in [0.717, 1.165) is 11.1 Å². The van der Waals surface area contributed by atoms with E-state index < -0.39 is 0 Å². The van der Waals surface area contributed by atoms with Crippen molar-refractivity contribution in [2.75, 3.05) is 13.7 Å². The number of rotatable bonds is 6. The highest BCUT2D eigenvalue weighted by Gasteiger charge is 2.13. The molecule has 0 unspecified atom stereocenters. The second kappa shape index (κ2) is 9.35. The smallest absolute Gasteiger partial charge is 0.257 e. The predicted octanol–water partition coefficient (Wildman–Crippen LogP) is 5.13. The minimum absolute atomic E-state index is 0.127. The summed E-state index contributed by atoms with van der Waals surface area (Å²) in [6.07, 6.45) is 2.02. The summed E-state index contributed by atoms with van der Waals surface area (Å²) in [4.78, 5) is 15.3. The standard InChI is InChI=1S/C21H17Cl3N2O3/c1-25-21(28)11-29-14-9-17(22)16(18(23)10-14)7-12-2-3-19(27)15(6-12)13-4-5-26-20(24)8-13/h2-6,8-10,27H,7,11H2,1H3,(H,25,28). The Morgan fingerprint density at radius 3 is 2.48 bits per heavy atom. The van der Waals surface area contributed by atoms with Crippen LogP contribution in [0.1, 0.15) is 11.1 Å². The quantitative estimate of drug-likeness (QED) is 0.510. The molecule has 1 heterocycles. The highest BCUT2D eigenvalue weighted by atomic mass is 35.5. The molecule has 0 atom stereocenters. The van der Waals surface area contributed by atoms with Gasteiger partial charge in [0.2, 0.25) is 0 Å². The Morgan fingerprint density at radius 2 is 1.83 bits per heavy atom. The number of hydrogen-bond donors (Lipinski definition) is 2. The molecule has 2 aromatic carbocycles. The first-order valence-corrected chi connectivity index (χ1v) is 9.76. The molecular weight excluding hydrogens is 435 g/mol. The third-order valence-corrected chi connectivity index (χ3v) is 5.12. The van der Waals surface area contributed by atoms with E-state index in [4.69, 9.17) is 39.5 Å². The van der Waals surface area contributed by atoms with Crippen molar-refractivity contribution in [3.8, 4) is 22.6 Å². The van der Waals surface area contributed by atoms with Crippen LogP contribution in [0.5, 0.6) is 11.5 Å². The molecule has 3 aromatic rings. The van der Waals surface area contributed by atoms with Gasteiger partial charge >= 0.3 is 0 Å². The lowest BCUT2D eigenvalue weighted by molar-refractivity contribution is -0.122. The van der Waals surface area contributed by atoms with Gasteiger partial charge in [-0.2, -0.15) is 0 Å². The van der Waals surface area contributed by atoms with Gasteiger partial charge in [0.15, 0.2) is 6.61 Å². The molecular formula is C21H17Cl3N2O3. The summed E-state index contributed by atoms with van der Waals surface area (Å²) in [5.41, 5.74) is 2.99. The topological polar surface area (TPSA) is 71.5 Å². The van der Waals surface area contributed by atoms with Crippen LogP contribution in [0.15, 0.2) is 48.7 Å². The molecule has 0 aliphatic rings. The number of pyridine rings is 1. The maximum Gasteiger partial charge on any atom is 0.257 e. The molecule has 0 spiro atoms. The van der Waals surface area contributed by atoms with E-state index in [1.807, 2.05) is 6.07 Å². The lowest BCUT2D eigenvalue weighted by Crippen LogP contribution is -2.24. The summed E-state index contributed by atoms with van der Waals surface area (Å²) < 4.78 is 5.40. The monoisotopic (exact) mass is 450 g/mol. The number of aromatic hydroxyl groups is 1. The lowest BCUT2D eigenvalue weighted by atomic mass is 9.98. The van der Waals surface area contributed by atoms with Crippen molar-refractivity contribution in [1.29, 1.82) is 0 Å². The van der Waals surface area contributed by atoms with E-state index in [9.17, 15) is 9.90 Å². The van der Waals surface area contributed by atoms with E-state index in [1.165, 1.54) is 7.05 Å². The van der Waals surface area contributed by atoms with Crippen molar-refractivity contribution >= 4 is 40.7 Å². The van der Waals surface area contributed by atoms with Gasteiger partial charge in [0.1, 0.15) is 16.7 Å². The van der Waals surface area contributed by atoms with Crippen molar-refractivity contribution in [1.82, 2.24) is 10.3 Å². The Morgan fingerprint density at radius 1 is 1.10 bits per heavy atom. The number of amides is 1. The molecule has 0 bridgehead atoms. The fourth-order valence-corrected chi connectivity index (χ4v) is 3.53. The highest BCUT2D eigenvalue weighted by molar-refractivity contribution is 6.36. The van der Waals surface area contributed by atoms with Crippen LogP contribution in [0.2, 0.25) is 15.2 Å². The summed E-state index contributed by atoms with van der Waals surface area (Å²) in [5, 5.41) is 13.9. The molecule has 0 radical (unpaired) electrons. The third-order valence-electron chi connectivity index (χ3n) is 4.24. The maximum absolute atomic E-state index is 11.3. The van der Waals surface area contributed by atoms with E-state index in [0.29, 0.717) is 38.5 Å². The number of carbonyl (C=O) groups excluding carboxylic acids is 1. The molecule has 0 fully saturated rings. The molecule has 8 heteroatoms. The number of carbonyl (C=O) groups is 1. The number of hydrogen-bond acceptors (Lipinski definition) is 4. The van der Waals surface area contributed by atoms with Gasteiger partial charge in [-0.25, -0.2) is 4.98 Å². The number of ether oxygens (including phenoxy) is 1. The van der Waals surface area contributed by atoms with Crippen LogP contribution in [-0.2, 0) is 11.2 Å². The Hall–Kier alpha value is -2.47. The van der Waals surface area contributed by atoms with Crippen LogP contribution < -0.4 is 10.1 Å². The van der Waals surface area contributed by atoms with Gasteiger partial charge in [0, 0.05) is 35.3 Å². The zero-order valence-corrected chi connectivity index (χ0v) is 17.6. The molecule has 0 saturated carbocycles. The number of likely N-dealkylation sites (N-methyl/N-ethyl adjacent to an activating group) is 1. The molecule has 1 aromatic heterocycles. The van der Waals surface area contributed by atoms with E-state index >= 15 is 0 Å². The van der Waals surface area contributed by atoms with Gasteiger partial charge in [-0.05, 0) is 53.1 Å². The summed E-state index contributed by atoms with van der Waals surface area (Å²) in [6.45, 7) is -0.127. The minimum atomic E-state index is -0.255. The normalized spacial score (nSPS) is 10.6. The maximum atomic E-state index is 11.3. The van der Waals surface area contributed by atoms with Crippen molar-refractivity contribution in [3.63, 3.8) is 0 Å². The average molecular weight is 452 g/mol. The zero-order chi connectivity index (χ0) is 21.0. The number of nitrogens with zero attached hydrogens (tertiary/aromatic N) is 1. The number of aromatic nitrogens is 1. The summed E-state index contributed by atoms with van der Waals surface area (Å²) >= 11 is 18.8. The number of halogens is 3. The molecule has 0 aliphatic heterocycles. The first-order chi connectivity index (χ1) is 13.9. The Balaban J connectivity index is 1.86. The predicted molar refractivity (Wildman–Crippen MR) is 115 cm³/mol. The van der Waals surface area contributed by atoms with Gasteiger partial charge in [-0.3, -0.25) is 4.79 Å². The van der Waals surface area contributed by atoms with Gasteiger partial charge in [-0.1, -0.05) is 40.9 Å². The Kier molecular flexibility index (Phi) is 6.85. The van der Waals surface area contributed by atoms with Gasteiger partial charge in [0.05, 0.1) is 0 Å². The summed E-state index contributed by atoms with van der Waals surface area (Å²) in [7, 11) is 1.53. The molecule has 0 saturated heterocycles. The zero-order valence-electron chi connectivity index (χ0n) is 15.4. The number of benzene rings is 2. The molecule has 3 rings (SSSR count). The van der Waals surface area contributed by atoms with Crippen LogP contribution in [0.3, 0.4) is 0 Å². The third kappa shape index (κ3) is 5.32. The molecule has 5 nitrogen and oxygen atoms in total. The largest absolute Gasteiger partial charge is 0.507 e. The van der Waals surface area contributed by atoms with Crippen LogP contribution >= 0.6 is 34.8 Å². The molecule has 1 amide bonds. The first-order valence-electron chi connectivity index (χ1n) is 8.62. The Labute approximate surface area is 183 Å². The molecule has 0 aliphatic carbocycles. The van der Waals surface area contributed by atoms with Crippen molar-refractivity contribution in [2.45, 2.75) is 6.42 Å². The van der Waals surface area contributed by atoms with Crippen LogP contribution in [0.4, 0.5) is 0 Å². The molecule has 2 N–H and O–H groups in total. The minimum Gasteiger partial charge on any atom is -0.507 e. The SMILES string of the molecule is CNC(=O)COc1cc(Cl)c(Cc2ccc(O)c(-c3ccnc(Cl)c3)c2)c(Cl)c1.